The highest BCUT2D eigenvalue weighted by Crippen LogP contribution is 2.07. The fourth-order valence-corrected chi connectivity index (χ4v) is 0.948. The maximum atomic E-state index is 4.11. The molecule has 0 saturated carbocycles. The molecule has 1 aliphatic carbocycles. The molecular weight excluding hydrogens is 134 g/mol. The van der Waals surface area contributed by atoms with Crippen molar-refractivity contribution in [3.05, 3.63) is 48.7 Å². The molecule has 11 heavy (non-hydrogen) atoms. The van der Waals surface area contributed by atoms with Gasteiger partial charge in [0, 0.05) is 6.20 Å². The smallest absolute Gasteiger partial charge is 0.0698 e. The van der Waals surface area contributed by atoms with Gasteiger partial charge in [-0.1, -0.05) is 30.9 Å². The summed E-state index contributed by atoms with van der Waals surface area (Å²) in [5, 5.41) is 0. The molecule has 1 aliphatic rings. The van der Waals surface area contributed by atoms with Crippen molar-refractivity contribution >= 4 is 5.71 Å². The minimum absolute atomic E-state index is 0.977. The van der Waals surface area contributed by atoms with Crippen molar-refractivity contribution in [2.24, 2.45) is 4.99 Å². The lowest BCUT2D eigenvalue weighted by Gasteiger charge is -2.03. The molecule has 0 unspecified atom stereocenters. The van der Waals surface area contributed by atoms with Gasteiger partial charge < -0.3 is 0 Å². The summed E-state index contributed by atoms with van der Waals surface area (Å²) in [6, 6.07) is 0. The minimum Gasteiger partial charge on any atom is -0.257 e. The second kappa shape index (κ2) is 3.71. The summed E-state index contributed by atoms with van der Waals surface area (Å²) in [6.45, 7) is 5.55. The van der Waals surface area contributed by atoms with E-state index in [2.05, 4.69) is 11.6 Å². The van der Waals surface area contributed by atoms with Gasteiger partial charge in [0.25, 0.3) is 0 Å². The van der Waals surface area contributed by atoms with Crippen molar-refractivity contribution in [2.45, 2.75) is 6.92 Å². The summed E-state index contributed by atoms with van der Waals surface area (Å²) in [4.78, 5) is 4.11. The predicted octanol–water partition coefficient (Wildman–Crippen LogP) is 2.64. The molecule has 0 aromatic heterocycles. The van der Waals surface area contributed by atoms with E-state index in [9.17, 15) is 0 Å². The number of aliphatic imine (C=N–C) groups is 1. The van der Waals surface area contributed by atoms with Crippen LogP contribution in [0.1, 0.15) is 6.92 Å². The van der Waals surface area contributed by atoms with Crippen LogP contribution in [0.2, 0.25) is 0 Å². The molecule has 0 aromatic carbocycles. The molecule has 0 atom stereocenters. The highest BCUT2D eigenvalue weighted by Gasteiger charge is 1.99. The molecular formula is C10H11N. The molecule has 0 heterocycles. The van der Waals surface area contributed by atoms with Crippen LogP contribution in [-0.4, -0.2) is 5.71 Å². The third-order valence-electron chi connectivity index (χ3n) is 1.48. The molecule has 0 aliphatic heterocycles. The topological polar surface area (TPSA) is 12.4 Å². The van der Waals surface area contributed by atoms with Crippen LogP contribution in [0.4, 0.5) is 0 Å². The molecule has 1 rings (SSSR count). The Morgan fingerprint density at radius 1 is 1.36 bits per heavy atom. The van der Waals surface area contributed by atoms with Crippen molar-refractivity contribution in [2.75, 3.05) is 0 Å². The lowest BCUT2D eigenvalue weighted by atomic mass is 10.1. The molecule has 1 nitrogen and oxygen atoms in total. The van der Waals surface area contributed by atoms with E-state index in [1.54, 1.807) is 6.20 Å². The second-order valence-corrected chi connectivity index (χ2v) is 2.16. The highest BCUT2D eigenvalue weighted by molar-refractivity contribution is 6.11. The van der Waals surface area contributed by atoms with Crippen molar-refractivity contribution in [3.63, 3.8) is 0 Å². The van der Waals surface area contributed by atoms with Crippen molar-refractivity contribution < 1.29 is 0 Å². The lowest BCUT2D eigenvalue weighted by molar-refractivity contribution is 1.53. The van der Waals surface area contributed by atoms with Gasteiger partial charge in [-0.2, -0.15) is 0 Å². The van der Waals surface area contributed by atoms with Crippen LogP contribution in [-0.2, 0) is 0 Å². The SMILES string of the molecule is C=CN=C1C=CC=C/C1=C/C. The van der Waals surface area contributed by atoms with Crippen LogP contribution in [0, 0.1) is 0 Å². The van der Waals surface area contributed by atoms with Crippen LogP contribution in [0.15, 0.2) is 53.7 Å². The molecule has 1 heteroatoms. The Kier molecular flexibility index (Phi) is 2.61. The summed E-state index contributed by atoms with van der Waals surface area (Å²) < 4.78 is 0. The van der Waals surface area contributed by atoms with Crippen LogP contribution in [0.25, 0.3) is 0 Å². The third kappa shape index (κ3) is 1.77. The Labute approximate surface area is 67.2 Å². The number of hydrogen-bond donors (Lipinski definition) is 0. The first-order valence-electron chi connectivity index (χ1n) is 3.58. The van der Waals surface area contributed by atoms with E-state index in [0.29, 0.717) is 0 Å². The Morgan fingerprint density at radius 2 is 2.09 bits per heavy atom. The first kappa shape index (κ1) is 7.73. The number of rotatable bonds is 1. The van der Waals surface area contributed by atoms with Gasteiger partial charge in [-0.3, -0.25) is 4.99 Å². The maximum absolute atomic E-state index is 4.11. The molecule has 0 bridgehead atoms. The summed E-state index contributed by atoms with van der Waals surface area (Å²) in [7, 11) is 0. The van der Waals surface area contributed by atoms with Gasteiger partial charge in [-0.25, -0.2) is 0 Å². The Hall–Kier alpha value is -1.37. The van der Waals surface area contributed by atoms with Gasteiger partial charge in [0.2, 0.25) is 0 Å². The highest BCUT2D eigenvalue weighted by atomic mass is 14.7. The monoisotopic (exact) mass is 145 g/mol. The normalized spacial score (nSPS) is 23.0. The van der Waals surface area contributed by atoms with Crippen molar-refractivity contribution in [1.82, 2.24) is 0 Å². The number of hydrogen-bond acceptors (Lipinski definition) is 1. The van der Waals surface area contributed by atoms with E-state index in [1.807, 2.05) is 37.3 Å². The maximum Gasteiger partial charge on any atom is 0.0698 e. The number of allylic oxidation sites excluding steroid dienone is 6. The van der Waals surface area contributed by atoms with Crippen LogP contribution < -0.4 is 0 Å². The molecule has 0 radical (unpaired) electrons. The van der Waals surface area contributed by atoms with Gasteiger partial charge in [0.15, 0.2) is 0 Å². The Balaban J connectivity index is 2.97. The quantitative estimate of drug-likeness (QED) is 0.538. The average Bonchev–Trinajstić information content (AvgIpc) is 2.06. The summed E-state index contributed by atoms with van der Waals surface area (Å²) >= 11 is 0. The molecule has 0 amide bonds. The Bertz CT molecular complexity index is 265. The predicted molar refractivity (Wildman–Crippen MR) is 49.7 cm³/mol. The zero-order valence-corrected chi connectivity index (χ0v) is 6.62. The molecule has 0 saturated heterocycles. The molecule has 0 N–H and O–H groups in total. The zero-order chi connectivity index (χ0) is 8.10. The van der Waals surface area contributed by atoms with Gasteiger partial charge in [0.1, 0.15) is 0 Å². The standard InChI is InChI=1S/C10H11N/c1-3-9-7-5-6-8-10(9)11-4-2/h3-8H,2H2,1H3/b9-3-,11-10?. The van der Waals surface area contributed by atoms with Crippen molar-refractivity contribution in [1.29, 1.82) is 0 Å². The summed E-state index contributed by atoms with van der Waals surface area (Å²) in [5.41, 5.74) is 2.12. The fourth-order valence-electron chi connectivity index (χ4n) is 0.948. The number of nitrogens with zero attached hydrogens (tertiary/aromatic N) is 1. The van der Waals surface area contributed by atoms with Gasteiger partial charge in [0.05, 0.1) is 5.71 Å². The largest absolute Gasteiger partial charge is 0.257 e. The zero-order valence-electron chi connectivity index (χ0n) is 6.62. The minimum atomic E-state index is 0.977. The molecule has 56 valence electrons. The fraction of sp³-hybridized carbons (Fsp3) is 0.100. The first-order valence-corrected chi connectivity index (χ1v) is 3.58. The van der Waals surface area contributed by atoms with E-state index in [0.717, 1.165) is 11.3 Å². The van der Waals surface area contributed by atoms with Crippen molar-refractivity contribution in [3.8, 4) is 0 Å². The van der Waals surface area contributed by atoms with E-state index < -0.39 is 0 Å². The third-order valence-corrected chi connectivity index (χ3v) is 1.48. The van der Waals surface area contributed by atoms with Gasteiger partial charge >= 0.3 is 0 Å². The summed E-state index contributed by atoms with van der Waals surface area (Å²) in [6.07, 6.45) is 11.6. The Morgan fingerprint density at radius 3 is 2.73 bits per heavy atom. The van der Waals surface area contributed by atoms with Crippen LogP contribution in [0.3, 0.4) is 0 Å². The lowest BCUT2D eigenvalue weighted by Crippen LogP contribution is -1.98. The van der Waals surface area contributed by atoms with E-state index >= 15 is 0 Å². The van der Waals surface area contributed by atoms with Gasteiger partial charge in [-0.15, -0.1) is 0 Å². The van der Waals surface area contributed by atoms with E-state index in [1.165, 1.54) is 0 Å². The summed E-state index contributed by atoms with van der Waals surface area (Å²) in [5.74, 6) is 0. The van der Waals surface area contributed by atoms with Crippen LogP contribution >= 0.6 is 0 Å². The van der Waals surface area contributed by atoms with E-state index in [-0.39, 0.29) is 0 Å². The molecule has 0 aromatic rings. The van der Waals surface area contributed by atoms with Crippen LogP contribution in [0.5, 0.6) is 0 Å². The first-order chi connectivity index (χ1) is 5.38. The van der Waals surface area contributed by atoms with E-state index in [4.69, 9.17) is 0 Å². The second-order valence-electron chi connectivity index (χ2n) is 2.16. The average molecular weight is 145 g/mol. The van der Waals surface area contributed by atoms with Gasteiger partial charge in [-0.05, 0) is 18.6 Å². The molecule has 0 fully saturated rings. The molecule has 0 spiro atoms.